The summed E-state index contributed by atoms with van der Waals surface area (Å²) in [5.41, 5.74) is 0.960. The molecule has 0 bridgehead atoms. The number of hydrogen-bond donors (Lipinski definition) is 1. The third-order valence-corrected chi connectivity index (χ3v) is 4.05. The van der Waals surface area contributed by atoms with Crippen LogP contribution in [0, 0.1) is 0 Å². The van der Waals surface area contributed by atoms with Crippen LogP contribution in [0.5, 0.6) is 11.5 Å². The molecule has 0 aromatic heterocycles. The van der Waals surface area contributed by atoms with Gasteiger partial charge in [0.05, 0.1) is 20.3 Å². The number of halogens is 1. The van der Waals surface area contributed by atoms with Crippen molar-refractivity contribution in [2.75, 3.05) is 20.8 Å². The molecular weight excluding hydrogens is 358 g/mol. The Bertz CT molecular complexity index is 793. The zero-order valence-electron chi connectivity index (χ0n) is 14.7. The maximum Gasteiger partial charge on any atom is 0.342 e. The van der Waals surface area contributed by atoms with Crippen molar-refractivity contribution in [1.29, 1.82) is 0 Å². The van der Waals surface area contributed by atoms with E-state index in [1.54, 1.807) is 25.1 Å². The average molecular weight is 378 g/mol. The maximum absolute atomic E-state index is 12.2. The Morgan fingerprint density at radius 1 is 1.12 bits per heavy atom. The first-order valence-electron chi connectivity index (χ1n) is 7.89. The predicted molar refractivity (Wildman–Crippen MR) is 97.8 cm³/mol. The van der Waals surface area contributed by atoms with Crippen molar-refractivity contribution in [2.24, 2.45) is 0 Å². The summed E-state index contributed by atoms with van der Waals surface area (Å²) in [6, 6.07) is 11.6. The molecule has 26 heavy (non-hydrogen) atoms. The second-order valence-corrected chi connectivity index (χ2v) is 5.86. The van der Waals surface area contributed by atoms with Crippen molar-refractivity contribution in [2.45, 2.75) is 13.0 Å². The second kappa shape index (κ2) is 9.10. The van der Waals surface area contributed by atoms with Gasteiger partial charge in [-0.1, -0.05) is 29.8 Å². The van der Waals surface area contributed by atoms with E-state index in [1.165, 1.54) is 20.3 Å². The molecule has 1 amide bonds. The Hall–Kier alpha value is -2.73. The number of esters is 1. The summed E-state index contributed by atoms with van der Waals surface area (Å²) in [6.07, 6.45) is 0. The van der Waals surface area contributed by atoms with Crippen molar-refractivity contribution >= 4 is 23.5 Å². The second-order valence-electron chi connectivity index (χ2n) is 5.45. The van der Waals surface area contributed by atoms with Crippen LogP contribution in [0.15, 0.2) is 42.5 Å². The van der Waals surface area contributed by atoms with E-state index in [2.05, 4.69) is 5.32 Å². The van der Waals surface area contributed by atoms with Crippen LogP contribution in [0.3, 0.4) is 0 Å². The number of carbonyl (C=O) groups excluding carboxylic acids is 2. The van der Waals surface area contributed by atoms with Crippen LogP contribution in [0.2, 0.25) is 5.02 Å². The maximum atomic E-state index is 12.2. The first-order valence-corrected chi connectivity index (χ1v) is 8.27. The van der Waals surface area contributed by atoms with Gasteiger partial charge in [0, 0.05) is 5.02 Å². The molecule has 0 saturated heterocycles. The number of hydrogen-bond acceptors (Lipinski definition) is 5. The van der Waals surface area contributed by atoms with Crippen molar-refractivity contribution in [1.82, 2.24) is 5.32 Å². The lowest BCUT2D eigenvalue weighted by molar-refractivity contribution is -0.124. The molecule has 0 aliphatic rings. The Morgan fingerprint density at radius 3 is 2.50 bits per heavy atom. The first-order chi connectivity index (χ1) is 12.5. The zero-order chi connectivity index (χ0) is 19.1. The standard InChI is InChI=1S/C19H20ClNO5/c1-12(14-6-4-5-7-16(14)20)21-18(22)11-26-19(23)15-10-13(24-2)8-9-17(15)25-3/h4-10,12H,11H2,1-3H3,(H,21,22)/t12-/m1/s1. The summed E-state index contributed by atoms with van der Waals surface area (Å²) in [6.45, 7) is 1.38. The average Bonchev–Trinajstić information content (AvgIpc) is 2.65. The van der Waals surface area contributed by atoms with Gasteiger partial charge in [-0.15, -0.1) is 0 Å². The van der Waals surface area contributed by atoms with E-state index in [-0.39, 0.29) is 11.6 Å². The molecule has 0 unspecified atom stereocenters. The fourth-order valence-corrected chi connectivity index (χ4v) is 2.67. The Balaban J connectivity index is 1.97. The lowest BCUT2D eigenvalue weighted by Gasteiger charge is -2.16. The molecule has 6 nitrogen and oxygen atoms in total. The minimum Gasteiger partial charge on any atom is -0.497 e. The summed E-state index contributed by atoms with van der Waals surface area (Å²) in [4.78, 5) is 24.3. The highest BCUT2D eigenvalue weighted by Crippen LogP contribution is 2.25. The van der Waals surface area contributed by atoms with Crippen LogP contribution < -0.4 is 14.8 Å². The van der Waals surface area contributed by atoms with Gasteiger partial charge in [0.25, 0.3) is 5.91 Å². The number of carbonyl (C=O) groups is 2. The van der Waals surface area contributed by atoms with Gasteiger partial charge in [0.2, 0.25) is 0 Å². The highest BCUT2D eigenvalue weighted by Gasteiger charge is 2.18. The van der Waals surface area contributed by atoms with Gasteiger partial charge in [-0.2, -0.15) is 0 Å². The SMILES string of the molecule is COc1ccc(OC)c(C(=O)OCC(=O)N[C@H](C)c2ccccc2Cl)c1. The minimum atomic E-state index is -0.679. The molecule has 138 valence electrons. The number of nitrogens with one attached hydrogen (secondary N) is 1. The summed E-state index contributed by atoms with van der Waals surface area (Å²) in [5, 5.41) is 3.29. The van der Waals surface area contributed by atoms with Crippen LogP contribution in [0.25, 0.3) is 0 Å². The third kappa shape index (κ3) is 4.89. The molecule has 2 aromatic rings. The van der Waals surface area contributed by atoms with Gasteiger partial charge < -0.3 is 19.5 Å². The number of rotatable bonds is 7. The largest absolute Gasteiger partial charge is 0.497 e. The van der Waals surface area contributed by atoms with Crippen molar-refractivity contribution in [3.63, 3.8) is 0 Å². The van der Waals surface area contributed by atoms with Crippen LogP contribution in [-0.4, -0.2) is 32.7 Å². The molecule has 0 saturated carbocycles. The lowest BCUT2D eigenvalue weighted by Crippen LogP contribution is -2.31. The fourth-order valence-electron chi connectivity index (χ4n) is 2.37. The third-order valence-electron chi connectivity index (χ3n) is 3.71. The Morgan fingerprint density at radius 2 is 1.85 bits per heavy atom. The molecule has 1 atom stereocenters. The van der Waals surface area contributed by atoms with Gasteiger partial charge in [0.15, 0.2) is 6.61 Å². The molecular formula is C19H20ClNO5. The fraction of sp³-hybridized carbons (Fsp3) is 0.263. The van der Waals surface area contributed by atoms with Crippen molar-refractivity contribution in [3.8, 4) is 11.5 Å². The van der Waals surface area contributed by atoms with E-state index in [0.717, 1.165) is 5.56 Å². The molecule has 0 aliphatic carbocycles. The van der Waals surface area contributed by atoms with Gasteiger partial charge >= 0.3 is 5.97 Å². The quantitative estimate of drug-likeness (QED) is 0.748. The number of ether oxygens (including phenoxy) is 3. The van der Waals surface area contributed by atoms with E-state index < -0.39 is 18.5 Å². The van der Waals surface area contributed by atoms with Gasteiger partial charge in [0.1, 0.15) is 17.1 Å². The number of methoxy groups -OCH3 is 2. The van der Waals surface area contributed by atoms with Crippen LogP contribution >= 0.6 is 11.6 Å². The van der Waals surface area contributed by atoms with Gasteiger partial charge in [-0.25, -0.2) is 4.79 Å². The Labute approximate surface area is 157 Å². The number of benzene rings is 2. The molecule has 0 radical (unpaired) electrons. The zero-order valence-corrected chi connectivity index (χ0v) is 15.5. The molecule has 0 spiro atoms. The summed E-state index contributed by atoms with van der Waals surface area (Å²) >= 11 is 6.11. The molecule has 2 rings (SSSR count). The van der Waals surface area contributed by atoms with Gasteiger partial charge in [-0.3, -0.25) is 4.79 Å². The summed E-state index contributed by atoms with van der Waals surface area (Å²) in [5.74, 6) is -0.302. The molecule has 0 heterocycles. The van der Waals surface area contributed by atoms with Crippen LogP contribution in [0.4, 0.5) is 0 Å². The van der Waals surface area contributed by atoms with Crippen molar-refractivity contribution in [3.05, 3.63) is 58.6 Å². The van der Waals surface area contributed by atoms with E-state index in [9.17, 15) is 9.59 Å². The van der Waals surface area contributed by atoms with E-state index in [4.69, 9.17) is 25.8 Å². The molecule has 2 aromatic carbocycles. The normalized spacial score (nSPS) is 11.4. The first kappa shape index (κ1) is 19.6. The predicted octanol–water partition coefficient (Wildman–Crippen LogP) is 3.39. The van der Waals surface area contributed by atoms with E-state index in [1.807, 2.05) is 18.2 Å². The minimum absolute atomic E-state index is 0.179. The van der Waals surface area contributed by atoms with Gasteiger partial charge in [-0.05, 0) is 36.8 Å². The summed E-state index contributed by atoms with van der Waals surface area (Å²) < 4.78 is 15.3. The van der Waals surface area contributed by atoms with Crippen LogP contribution in [0.1, 0.15) is 28.9 Å². The monoisotopic (exact) mass is 377 g/mol. The molecule has 7 heteroatoms. The van der Waals surface area contributed by atoms with E-state index in [0.29, 0.717) is 16.5 Å². The molecule has 1 N–H and O–H groups in total. The topological polar surface area (TPSA) is 73.9 Å². The Kier molecular flexibility index (Phi) is 6.86. The molecule has 0 fully saturated rings. The smallest absolute Gasteiger partial charge is 0.342 e. The van der Waals surface area contributed by atoms with E-state index >= 15 is 0 Å². The highest BCUT2D eigenvalue weighted by molar-refractivity contribution is 6.31. The summed E-state index contributed by atoms with van der Waals surface area (Å²) in [7, 11) is 2.93. The lowest BCUT2D eigenvalue weighted by atomic mass is 10.1. The van der Waals surface area contributed by atoms with Crippen molar-refractivity contribution < 1.29 is 23.8 Å². The van der Waals surface area contributed by atoms with Crippen LogP contribution in [-0.2, 0) is 9.53 Å². The highest BCUT2D eigenvalue weighted by atomic mass is 35.5. The molecule has 0 aliphatic heterocycles. The number of amides is 1.